The number of rotatable bonds is 17. The number of aliphatic hydroxyl groups excluding tert-OH is 1. The van der Waals surface area contributed by atoms with Crippen LogP contribution in [-0.2, 0) is 54.3 Å². The van der Waals surface area contributed by atoms with Crippen molar-refractivity contribution in [3.05, 3.63) is 29.8 Å². The Morgan fingerprint density at radius 3 is 2.15 bits per heavy atom. The van der Waals surface area contributed by atoms with Crippen molar-refractivity contribution in [3.8, 4) is 5.75 Å². The number of cyclic esters (lactones) is 1. The number of esters is 1. The van der Waals surface area contributed by atoms with E-state index in [1.165, 1.54) is 26.1 Å². The second-order valence-electron chi connectivity index (χ2n) is 17.9. The van der Waals surface area contributed by atoms with Crippen LogP contribution in [0, 0.1) is 11.8 Å². The average Bonchev–Trinajstić information content (AvgIpc) is 3.24. The second kappa shape index (κ2) is 25.8. The molecule has 2 fully saturated rings. The SMILES string of the molecule is CCCC(=O)NC(CCC(=O)O)C(=O)NC1C(=O)NC(CCCCN)C(=O)NC2CCC(O)N(C2=O)C(CC(C)C)C(=O)N(C)C(Cc2ccc(O)cc2)C(=O)NC(C(C)C)C(=O)OC1C. The minimum Gasteiger partial charge on any atom is -0.508 e. The Morgan fingerprint density at radius 2 is 1.56 bits per heavy atom. The predicted molar refractivity (Wildman–Crippen MR) is 238 cm³/mol. The number of aromatic hydroxyl groups is 1. The van der Waals surface area contributed by atoms with Crippen molar-refractivity contribution in [1.82, 2.24) is 36.4 Å². The molecule has 9 atom stereocenters. The normalized spacial score (nSPS) is 25.4. The van der Waals surface area contributed by atoms with Gasteiger partial charge in [-0.15, -0.1) is 0 Å². The van der Waals surface area contributed by atoms with Gasteiger partial charge in [0.1, 0.15) is 60.4 Å². The lowest BCUT2D eigenvalue weighted by atomic mass is 9.94. The molecule has 10 N–H and O–H groups in total. The summed E-state index contributed by atoms with van der Waals surface area (Å²) in [6.07, 6.45) is -2.92. The Balaban J connectivity index is 2.23. The molecule has 0 aromatic heterocycles. The number of carbonyl (C=O) groups is 9. The molecule has 0 aliphatic carbocycles. The molecule has 0 saturated carbocycles. The number of nitrogens with two attached hydrogens (primary N) is 1. The molecule has 368 valence electrons. The molecular formula is C45H70N8O13. The van der Waals surface area contributed by atoms with Crippen LogP contribution in [0.3, 0.4) is 0 Å². The smallest absolute Gasteiger partial charge is 0.329 e. The van der Waals surface area contributed by atoms with Crippen molar-refractivity contribution >= 4 is 53.3 Å². The second-order valence-corrected chi connectivity index (χ2v) is 17.9. The van der Waals surface area contributed by atoms with Crippen LogP contribution >= 0.6 is 0 Å². The number of unbranched alkanes of at least 4 members (excludes halogenated alkanes) is 1. The maximum absolute atomic E-state index is 14.7. The van der Waals surface area contributed by atoms with Crippen LogP contribution in [0.1, 0.15) is 111 Å². The molecule has 2 aliphatic rings. The standard InChI is InChI=1S/C45H70N8O13/c1-8-11-34(55)47-30(18-20-36(57)58)40(60)51-38-26(6)66-45(65)37(25(4)5)50-41(61)32(23-27-13-15-28(54)16-14-27)52(7)44(64)33(22-24(2)3)53-35(56)19-17-31(43(53)63)49-39(59)29(48-42(38)62)12-9-10-21-46/h13-16,24-26,29-33,35,37-38,54,56H,8-12,17-23,46H2,1-7H3,(H,47,55)(H,48,62)(H,49,59)(H,50,61)(H,51,60)(H,57,58). The third-order valence-electron chi connectivity index (χ3n) is 11.6. The van der Waals surface area contributed by atoms with Crippen LogP contribution in [0.25, 0.3) is 0 Å². The number of carbonyl (C=O) groups excluding carboxylic acids is 8. The van der Waals surface area contributed by atoms with Gasteiger partial charge < -0.3 is 62.2 Å². The van der Waals surface area contributed by atoms with E-state index in [-0.39, 0.29) is 63.2 Å². The van der Waals surface area contributed by atoms with Gasteiger partial charge in [-0.25, -0.2) is 4.79 Å². The Morgan fingerprint density at radius 1 is 0.894 bits per heavy atom. The molecule has 7 amide bonds. The lowest BCUT2D eigenvalue weighted by Gasteiger charge is -2.43. The number of aliphatic hydroxyl groups is 1. The number of benzene rings is 1. The van der Waals surface area contributed by atoms with Gasteiger partial charge in [-0.3, -0.25) is 38.4 Å². The summed E-state index contributed by atoms with van der Waals surface area (Å²) in [6.45, 7) is 10.1. The first-order valence-corrected chi connectivity index (χ1v) is 22.8. The molecule has 2 saturated heterocycles. The highest BCUT2D eigenvalue weighted by molar-refractivity contribution is 5.98. The van der Waals surface area contributed by atoms with Gasteiger partial charge in [0, 0.05) is 26.3 Å². The zero-order valence-corrected chi connectivity index (χ0v) is 39.0. The van der Waals surface area contributed by atoms with Crippen LogP contribution in [0.5, 0.6) is 5.75 Å². The van der Waals surface area contributed by atoms with Crippen LogP contribution in [-0.4, -0.2) is 147 Å². The highest BCUT2D eigenvalue weighted by Crippen LogP contribution is 2.26. The fraction of sp³-hybridized carbons (Fsp3) is 0.667. The van der Waals surface area contributed by atoms with Crippen molar-refractivity contribution in [2.75, 3.05) is 13.6 Å². The molecule has 66 heavy (non-hydrogen) atoms. The molecule has 21 nitrogen and oxygen atoms in total. The first kappa shape index (κ1) is 54.5. The number of carboxylic acid groups (broad SMARTS) is 1. The zero-order valence-electron chi connectivity index (χ0n) is 39.0. The van der Waals surface area contributed by atoms with Gasteiger partial charge in [0.2, 0.25) is 41.4 Å². The maximum atomic E-state index is 14.7. The number of carboxylic acids is 1. The monoisotopic (exact) mass is 931 g/mol. The van der Waals surface area contributed by atoms with E-state index in [9.17, 15) is 58.5 Å². The van der Waals surface area contributed by atoms with E-state index in [4.69, 9.17) is 10.5 Å². The van der Waals surface area contributed by atoms with Crippen LogP contribution in [0.2, 0.25) is 0 Å². The number of nitrogens with zero attached hydrogens (tertiary/aromatic N) is 2. The minimum atomic E-state index is -1.78. The number of hydrogen-bond acceptors (Lipinski definition) is 13. The molecule has 1 aromatic rings. The Bertz CT molecular complexity index is 1880. The number of ether oxygens (including phenoxy) is 1. The fourth-order valence-electron chi connectivity index (χ4n) is 7.88. The topological polar surface area (TPSA) is 316 Å². The van der Waals surface area contributed by atoms with E-state index < -0.39 is 120 Å². The summed E-state index contributed by atoms with van der Waals surface area (Å²) in [5, 5.41) is 43.7. The van der Waals surface area contributed by atoms with Gasteiger partial charge in [0.25, 0.3) is 0 Å². The quantitative estimate of drug-likeness (QED) is 0.0731. The fourth-order valence-corrected chi connectivity index (χ4v) is 7.88. The van der Waals surface area contributed by atoms with Crippen LogP contribution in [0.15, 0.2) is 24.3 Å². The molecule has 1 aromatic carbocycles. The summed E-state index contributed by atoms with van der Waals surface area (Å²) >= 11 is 0. The number of fused-ring (bicyclic) bond motifs is 2. The van der Waals surface area contributed by atoms with E-state index in [1.54, 1.807) is 32.9 Å². The van der Waals surface area contributed by atoms with E-state index in [0.717, 1.165) is 9.80 Å². The number of piperidine rings is 1. The number of hydrogen-bond donors (Lipinski definition) is 9. The lowest BCUT2D eigenvalue weighted by Crippen LogP contribution is -2.65. The van der Waals surface area contributed by atoms with E-state index in [2.05, 4.69) is 26.6 Å². The molecule has 9 unspecified atom stereocenters. The van der Waals surface area contributed by atoms with Crippen molar-refractivity contribution in [2.45, 2.75) is 167 Å². The first-order chi connectivity index (χ1) is 31.1. The molecule has 2 bridgehead atoms. The molecular weight excluding hydrogens is 861 g/mol. The highest BCUT2D eigenvalue weighted by atomic mass is 16.5. The summed E-state index contributed by atoms with van der Waals surface area (Å²) < 4.78 is 5.82. The molecule has 0 radical (unpaired) electrons. The maximum Gasteiger partial charge on any atom is 0.329 e. The van der Waals surface area contributed by atoms with Gasteiger partial charge >= 0.3 is 11.9 Å². The molecule has 3 rings (SSSR count). The van der Waals surface area contributed by atoms with Crippen LogP contribution in [0.4, 0.5) is 0 Å². The number of amides is 7. The molecule has 2 aliphatic heterocycles. The first-order valence-electron chi connectivity index (χ1n) is 22.8. The number of likely N-dealkylation sites (N-methyl/N-ethyl adjacent to an activating group) is 1. The van der Waals surface area contributed by atoms with E-state index in [0.29, 0.717) is 24.8 Å². The van der Waals surface area contributed by atoms with Gasteiger partial charge in [-0.1, -0.05) is 46.8 Å². The number of phenolic OH excluding ortho intramolecular Hbond substituents is 1. The van der Waals surface area contributed by atoms with Crippen molar-refractivity contribution < 1.29 is 63.2 Å². The van der Waals surface area contributed by atoms with Gasteiger partial charge in [0.15, 0.2) is 0 Å². The summed E-state index contributed by atoms with van der Waals surface area (Å²) in [4.78, 5) is 127. The Hall–Kier alpha value is -5.83. The number of phenols is 1. The summed E-state index contributed by atoms with van der Waals surface area (Å²) in [5.74, 6) is -8.95. The van der Waals surface area contributed by atoms with Crippen molar-refractivity contribution in [3.63, 3.8) is 0 Å². The molecule has 2 heterocycles. The average molecular weight is 931 g/mol. The van der Waals surface area contributed by atoms with E-state index in [1.807, 2.05) is 13.8 Å². The molecule has 21 heteroatoms. The third-order valence-corrected chi connectivity index (χ3v) is 11.6. The van der Waals surface area contributed by atoms with Crippen molar-refractivity contribution in [1.29, 1.82) is 0 Å². The zero-order chi connectivity index (χ0) is 49.4. The van der Waals surface area contributed by atoms with Gasteiger partial charge in [-0.05, 0) is 94.4 Å². The number of aliphatic carboxylic acids is 1. The van der Waals surface area contributed by atoms with Crippen molar-refractivity contribution in [2.24, 2.45) is 17.6 Å². The molecule has 0 spiro atoms. The van der Waals surface area contributed by atoms with E-state index >= 15 is 0 Å². The highest BCUT2D eigenvalue weighted by Gasteiger charge is 2.46. The predicted octanol–water partition coefficient (Wildman–Crippen LogP) is -0.0636. The van der Waals surface area contributed by atoms with Gasteiger partial charge in [0.05, 0.1) is 0 Å². The minimum absolute atomic E-state index is 0.00566. The van der Waals surface area contributed by atoms with Gasteiger partial charge in [-0.2, -0.15) is 0 Å². The summed E-state index contributed by atoms with van der Waals surface area (Å²) in [5.41, 5.74) is 6.25. The number of nitrogens with one attached hydrogen (secondary N) is 5. The third kappa shape index (κ3) is 15.7. The summed E-state index contributed by atoms with van der Waals surface area (Å²) in [6, 6.07) is -4.07. The summed E-state index contributed by atoms with van der Waals surface area (Å²) in [7, 11) is 1.36. The Labute approximate surface area is 385 Å². The largest absolute Gasteiger partial charge is 0.508 e. The Kier molecular flexibility index (Phi) is 21.3. The lowest BCUT2D eigenvalue weighted by molar-refractivity contribution is -0.166. The van der Waals surface area contributed by atoms with Crippen LogP contribution < -0.4 is 32.3 Å².